The van der Waals surface area contributed by atoms with Gasteiger partial charge in [-0.15, -0.1) is 0 Å². The molecule has 0 aliphatic carbocycles. The summed E-state index contributed by atoms with van der Waals surface area (Å²) in [5.74, 6) is -0.134. The Morgan fingerprint density at radius 1 is 1.37 bits per heavy atom. The van der Waals surface area contributed by atoms with E-state index in [1.54, 1.807) is 6.92 Å². The lowest BCUT2D eigenvalue weighted by Gasteiger charge is -2.13. The van der Waals surface area contributed by atoms with E-state index in [2.05, 4.69) is 4.72 Å². The van der Waals surface area contributed by atoms with Gasteiger partial charge >= 0.3 is 0 Å². The summed E-state index contributed by atoms with van der Waals surface area (Å²) in [6, 6.07) is 5.35. The molecule has 1 aromatic heterocycles. The van der Waals surface area contributed by atoms with Crippen LogP contribution >= 0.6 is 11.3 Å². The van der Waals surface area contributed by atoms with Crippen LogP contribution in [0.15, 0.2) is 39.9 Å². The van der Waals surface area contributed by atoms with Crippen molar-refractivity contribution < 1.29 is 13.5 Å². The van der Waals surface area contributed by atoms with Gasteiger partial charge in [-0.2, -0.15) is 11.3 Å². The second kappa shape index (κ2) is 5.20. The van der Waals surface area contributed by atoms with Crippen LogP contribution in [-0.4, -0.2) is 13.5 Å². The molecule has 0 spiro atoms. The summed E-state index contributed by atoms with van der Waals surface area (Å²) in [5, 5.41) is 13.1. The van der Waals surface area contributed by atoms with E-state index >= 15 is 0 Å². The number of nitrogens with one attached hydrogen (secondary N) is 1. The van der Waals surface area contributed by atoms with Crippen molar-refractivity contribution in [3.63, 3.8) is 0 Å². The average molecular weight is 298 g/mol. The van der Waals surface area contributed by atoms with Gasteiger partial charge in [0.15, 0.2) is 0 Å². The van der Waals surface area contributed by atoms with Gasteiger partial charge in [-0.25, -0.2) is 13.1 Å². The Morgan fingerprint density at radius 2 is 2.11 bits per heavy atom. The molecule has 2 aromatic rings. The highest BCUT2D eigenvalue weighted by atomic mass is 32.2. The van der Waals surface area contributed by atoms with E-state index in [4.69, 9.17) is 5.73 Å². The largest absolute Gasteiger partial charge is 0.506 e. The van der Waals surface area contributed by atoms with Crippen molar-refractivity contribution in [1.82, 2.24) is 4.72 Å². The van der Waals surface area contributed by atoms with Crippen molar-refractivity contribution >= 4 is 27.0 Å². The predicted molar refractivity (Wildman–Crippen MR) is 75.6 cm³/mol. The highest BCUT2D eigenvalue weighted by Crippen LogP contribution is 2.24. The molecule has 1 atom stereocenters. The fourth-order valence-corrected chi connectivity index (χ4v) is 3.61. The van der Waals surface area contributed by atoms with E-state index in [1.165, 1.54) is 29.5 Å². The molecule has 0 aliphatic heterocycles. The number of rotatable bonds is 4. The second-order valence-electron chi connectivity index (χ2n) is 4.12. The number of phenolic OH excluding ortho intramolecular Hbond substituents is 1. The number of nitrogens with two attached hydrogens (primary N) is 1. The Labute approximate surface area is 115 Å². The fraction of sp³-hybridized carbons (Fsp3) is 0.167. The maximum Gasteiger partial charge on any atom is 0.241 e. The third-order valence-electron chi connectivity index (χ3n) is 2.68. The molecule has 7 heteroatoms. The van der Waals surface area contributed by atoms with Crippen LogP contribution in [0.25, 0.3) is 0 Å². The van der Waals surface area contributed by atoms with Gasteiger partial charge in [-0.1, -0.05) is 0 Å². The molecule has 0 radical (unpaired) electrons. The normalized spacial score (nSPS) is 13.3. The molecule has 2 rings (SSSR count). The second-order valence-corrected chi connectivity index (χ2v) is 6.61. The summed E-state index contributed by atoms with van der Waals surface area (Å²) < 4.78 is 26.9. The molecule has 0 aliphatic rings. The smallest absolute Gasteiger partial charge is 0.241 e. The molecule has 0 bridgehead atoms. The van der Waals surface area contributed by atoms with Gasteiger partial charge in [0.05, 0.1) is 10.6 Å². The van der Waals surface area contributed by atoms with E-state index in [0.717, 1.165) is 5.56 Å². The topological polar surface area (TPSA) is 92.4 Å². The van der Waals surface area contributed by atoms with Crippen molar-refractivity contribution in [3.8, 4) is 5.75 Å². The number of anilines is 1. The van der Waals surface area contributed by atoms with E-state index in [9.17, 15) is 13.5 Å². The number of thiophene rings is 1. The van der Waals surface area contributed by atoms with Crippen LogP contribution < -0.4 is 10.5 Å². The van der Waals surface area contributed by atoms with E-state index in [0.29, 0.717) is 0 Å². The Morgan fingerprint density at radius 3 is 2.68 bits per heavy atom. The average Bonchev–Trinajstić information content (AvgIpc) is 2.85. The molecule has 1 unspecified atom stereocenters. The Balaban J connectivity index is 2.25. The molecule has 5 nitrogen and oxygen atoms in total. The summed E-state index contributed by atoms with van der Waals surface area (Å²) in [6.07, 6.45) is 0. The molecule has 1 aromatic carbocycles. The zero-order chi connectivity index (χ0) is 14.0. The van der Waals surface area contributed by atoms with Crippen LogP contribution in [0.3, 0.4) is 0 Å². The summed E-state index contributed by atoms with van der Waals surface area (Å²) in [6.45, 7) is 1.77. The van der Waals surface area contributed by atoms with Crippen molar-refractivity contribution in [2.75, 3.05) is 5.73 Å². The predicted octanol–water partition coefficient (Wildman–Crippen LogP) is 2.08. The lowest BCUT2D eigenvalue weighted by atomic mass is 10.2. The monoisotopic (exact) mass is 298 g/mol. The molecule has 4 N–H and O–H groups in total. The minimum Gasteiger partial charge on any atom is -0.506 e. The lowest BCUT2D eigenvalue weighted by molar-refractivity contribution is 0.477. The van der Waals surface area contributed by atoms with Crippen molar-refractivity contribution in [2.24, 2.45) is 0 Å². The molecule has 0 saturated heterocycles. The van der Waals surface area contributed by atoms with Gasteiger partial charge in [0, 0.05) is 6.04 Å². The third-order valence-corrected chi connectivity index (χ3v) is 4.92. The van der Waals surface area contributed by atoms with Crippen LogP contribution in [0.1, 0.15) is 18.5 Å². The van der Waals surface area contributed by atoms with Crippen molar-refractivity contribution in [1.29, 1.82) is 0 Å². The van der Waals surface area contributed by atoms with Gasteiger partial charge < -0.3 is 10.8 Å². The minimum absolute atomic E-state index is 0.0323. The molecular formula is C12H14N2O3S2. The third kappa shape index (κ3) is 3.06. The summed E-state index contributed by atoms with van der Waals surface area (Å²) >= 11 is 1.51. The number of hydrogen-bond donors (Lipinski definition) is 3. The Hall–Kier alpha value is -1.57. The van der Waals surface area contributed by atoms with Gasteiger partial charge in [-0.05, 0) is 47.5 Å². The number of hydrogen-bond acceptors (Lipinski definition) is 5. The first kappa shape index (κ1) is 13.9. The van der Waals surface area contributed by atoms with Gasteiger partial charge in [-0.3, -0.25) is 0 Å². The fourth-order valence-electron chi connectivity index (χ4n) is 1.59. The number of phenols is 1. The molecular weight excluding hydrogens is 284 g/mol. The maximum absolute atomic E-state index is 12.2. The summed E-state index contributed by atoms with van der Waals surface area (Å²) in [4.78, 5) is 0.0323. The van der Waals surface area contributed by atoms with Gasteiger partial charge in [0.2, 0.25) is 10.0 Å². The van der Waals surface area contributed by atoms with Crippen LogP contribution in [0, 0.1) is 0 Å². The van der Waals surface area contributed by atoms with E-state index in [1.807, 2.05) is 16.8 Å². The molecule has 19 heavy (non-hydrogen) atoms. The van der Waals surface area contributed by atoms with E-state index < -0.39 is 10.0 Å². The quantitative estimate of drug-likeness (QED) is 0.595. The molecule has 1 heterocycles. The number of sulfonamides is 1. The molecule has 102 valence electrons. The van der Waals surface area contributed by atoms with Crippen LogP contribution in [0.2, 0.25) is 0 Å². The van der Waals surface area contributed by atoms with Gasteiger partial charge in [0.1, 0.15) is 5.75 Å². The lowest BCUT2D eigenvalue weighted by Crippen LogP contribution is -2.26. The number of nitrogen functional groups attached to an aromatic ring is 1. The van der Waals surface area contributed by atoms with Gasteiger partial charge in [0.25, 0.3) is 0 Å². The zero-order valence-corrected chi connectivity index (χ0v) is 11.8. The standard InChI is InChI=1S/C12H14N2O3S2/c1-8(9-4-5-18-7-9)14-19(16,17)10-2-3-12(15)11(13)6-10/h2-8,14-15H,13H2,1H3. The highest BCUT2D eigenvalue weighted by molar-refractivity contribution is 7.89. The van der Waals surface area contributed by atoms with Crippen molar-refractivity contribution in [3.05, 3.63) is 40.6 Å². The Bertz CT molecular complexity index is 666. The Kier molecular flexibility index (Phi) is 3.79. The number of aromatic hydroxyl groups is 1. The summed E-state index contributed by atoms with van der Waals surface area (Å²) in [7, 11) is -3.66. The van der Waals surface area contributed by atoms with Crippen LogP contribution in [0.4, 0.5) is 5.69 Å². The first-order chi connectivity index (χ1) is 8.90. The first-order valence-corrected chi connectivity index (χ1v) is 7.95. The number of benzene rings is 1. The molecule has 0 fully saturated rings. The van der Waals surface area contributed by atoms with E-state index in [-0.39, 0.29) is 22.4 Å². The molecule has 0 saturated carbocycles. The minimum atomic E-state index is -3.66. The van der Waals surface area contributed by atoms with Crippen LogP contribution in [0.5, 0.6) is 5.75 Å². The van der Waals surface area contributed by atoms with Crippen LogP contribution in [-0.2, 0) is 10.0 Å². The maximum atomic E-state index is 12.2. The highest BCUT2D eigenvalue weighted by Gasteiger charge is 2.19. The summed E-state index contributed by atoms with van der Waals surface area (Å²) in [5.41, 5.74) is 6.44. The van der Waals surface area contributed by atoms with Crippen molar-refractivity contribution in [2.45, 2.75) is 17.9 Å². The SMILES string of the molecule is CC(NS(=O)(=O)c1ccc(O)c(N)c1)c1ccsc1. The molecule has 0 amide bonds. The zero-order valence-electron chi connectivity index (χ0n) is 10.2. The first-order valence-electron chi connectivity index (χ1n) is 5.53.